The molecule has 0 unspecified atom stereocenters. The van der Waals surface area contributed by atoms with Crippen LogP contribution in [0.15, 0.2) is 54.9 Å². The quantitative estimate of drug-likeness (QED) is 0.453. The molecule has 0 saturated heterocycles. The molecule has 1 N–H and O–H groups in total. The van der Waals surface area contributed by atoms with Gasteiger partial charge in [-0.25, -0.2) is 14.6 Å². The number of carbonyl (C=O) groups is 3. The first-order chi connectivity index (χ1) is 16.2. The highest BCUT2D eigenvalue weighted by Gasteiger charge is 2.37. The zero-order chi connectivity index (χ0) is 24.1. The fourth-order valence-electron chi connectivity index (χ4n) is 4.15. The van der Waals surface area contributed by atoms with E-state index in [-0.39, 0.29) is 22.7 Å². The van der Waals surface area contributed by atoms with Crippen molar-refractivity contribution in [2.45, 2.75) is 33.7 Å². The monoisotopic (exact) mass is 453 g/mol. The fourth-order valence-corrected chi connectivity index (χ4v) is 4.15. The van der Waals surface area contributed by atoms with E-state index in [2.05, 4.69) is 15.4 Å². The molecular formula is C26H23N5O3. The number of pyridine rings is 1. The number of fused-ring (bicyclic) bond motifs is 2. The standard InChI is InChI=1S/C26H23N5O3/c1-14(2)31-23-18(12-28-31)10-19(13-27-23)29-24(32)17-7-8-20-21(11-17)26(34)30(25(20)33)22-9-15(3)5-6-16(22)4/h5-14H,1-4H3,(H,29,32). The number of carbonyl (C=O) groups excluding carboxylic acids is 3. The normalized spacial score (nSPS) is 13.1. The summed E-state index contributed by atoms with van der Waals surface area (Å²) in [5.41, 5.74) is 4.35. The Labute approximate surface area is 196 Å². The van der Waals surface area contributed by atoms with Gasteiger partial charge in [-0.2, -0.15) is 5.10 Å². The summed E-state index contributed by atoms with van der Waals surface area (Å²) in [4.78, 5) is 44.7. The van der Waals surface area contributed by atoms with Crippen LogP contribution in [0.5, 0.6) is 0 Å². The zero-order valence-electron chi connectivity index (χ0n) is 19.3. The molecule has 0 fully saturated rings. The molecule has 0 atom stereocenters. The van der Waals surface area contributed by atoms with Crippen molar-refractivity contribution in [1.82, 2.24) is 14.8 Å². The van der Waals surface area contributed by atoms with Crippen molar-refractivity contribution < 1.29 is 14.4 Å². The van der Waals surface area contributed by atoms with E-state index in [0.29, 0.717) is 11.4 Å². The maximum absolute atomic E-state index is 13.2. The number of anilines is 2. The first-order valence-electron chi connectivity index (χ1n) is 11.0. The van der Waals surface area contributed by atoms with Crippen LogP contribution in [0, 0.1) is 13.8 Å². The van der Waals surface area contributed by atoms with E-state index >= 15 is 0 Å². The second-order valence-corrected chi connectivity index (χ2v) is 8.77. The van der Waals surface area contributed by atoms with Crippen molar-refractivity contribution in [2.24, 2.45) is 0 Å². The van der Waals surface area contributed by atoms with E-state index in [1.807, 2.05) is 50.6 Å². The number of aromatic nitrogens is 3. The molecule has 1 aliphatic heterocycles. The minimum atomic E-state index is -0.437. The summed E-state index contributed by atoms with van der Waals surface area (Å²) in [7, 11) is 0. The maximum Gasteiger partial charge on any atom is 0.266 e. The molecule has 0 radical (unpaired) electrons. The molecule has 3 heterocycles. The van der Waals surface area contributed by atoms with E-state index in [0.717, 1.165) is 22.2 Å². The van der Waals surface area contributed by atoms with Crippen molar-refractivity contribution in [3.8, 4) is 0 Å². The molecule has 170 valence electrons. The van der Waals surface area contributed by atoms with Crippen molar-refractivity contribution in [1.29, 1.82) is 0 Å². The fraction of sp³-hybridized carbons (Fsp3) is 0.192. The first kappa shape index (κ1) is 21.5. The number of benzene rings is 2. The highest BCUT2D eigenvalue weighted by atomic mass is 16.2. The number of hydrogen-bond donors (Lipinski definition) is 1. The van der Waals surface area contributed by atoms with Crippen LogP contribution in [-0.4, -0.2) is 32.5 Å². The Balaban J connectivity index is 1.42. The Morgan fingerprint density at radius 1 is 0.941 bits per heavy atom. The van der Waals surface area contributed by atoms with Gasteiger partial charge in [0.25, 0.3) is 17.7 Å². The van der Waals surface area contributed by atoms with Gasteiger partial charge in [-0.3, -0.25) is 14.4 Å². The van der Waals surface area contributed by atoms with E-state index in [1.165, 1.54) is 17.0 Å². The summed E-state index contributed by atoms with van der Waals surface area (Å²) < 4.78 is 1.81. The SMILES string of the molecule is Cc1ccc(C)c(N2C(=O)c3ccc(C(=O)Nc4cnc5c(cnn5C(C)C)c4)cc3C2=O)c1. The summed E-state index contributed by atoms with van der Waals surface area (Å²) in [6, 6.07) is 12.1. The van der Waals surface area contributed by atoms with Gasteiger partial charge in [0, 0.05) is 17.0 Å². The number of aryl methyl sites for hydroxylation is 2. The minimum absolute atomic E-state index is 0.167. The molecule has 8 heteroatoms. The predicted molar refractivity (Wildman–Crippen MR) is 129 cm³/mol. The van der Waals surface area contributed by atoms with Gasteiger partial charge in [-0.1, -0.05) is 12.1 Å². The molecule has 0 aliphatic carbocycles. The van der Waals surface area contributed by atoms with Crippen LogP contribution in [0.1, 0.15) is 62.1 Å². The molecule has 4 aromatic rings. The molecule has 8 nitrogen and oxygen atoms in total. The molecule has 5 rings (SSSR count). The number of imide groups is 1. The van der Waals surface area contributed by atoms with Crippen molar-refractivity contribution >= 4 is 40.1 Å². The average molecular weight is 454 g/mol. The molecule has 0 bridgehead atoms. The van der Waals surface area contributed by atoms with E-state index in [4.69, 9.17) is 0 Å². The van der Waals surface area contributed by atoms with Gasteiger partial charge in [0.2, 0.25) is 0 Å². The lowest BCUT2D eigenvalue weighted by atomic mass is 10.1. The Morgan fingerprint density at radius 3 is 2.47 bits per heavy atom. The highest BCUT2D eigenvalue weighted by molar-refractivity contribution is 6.35. The molecule has 0 saturated carbocycles. The van der Waals surface area contributed by atoms with Crippen molar-refractivity contribution in [2.75, 3.05) is 10.2 Å². The summed E-state index contributed by atoms with van der Waals surface area (Å²) in [5, 5.41) is 7.97. The topological polar surface area (TPSA) is 97.2 Å². The lowest BCUT2D eigenvalue weighted by molar-refractivity contribution is 0.0925. The van der Waals surface area contributed by atoms with Gasteiger partial charge in [-0.15, -0.1) is 0 Å². The van der Waals surface area contributed by atoms with E-state index in [9.17, 15) is 14.4 Å². The van der Waals surface area contributed by atoms with Gasteiger partial charge in [0.15, 0.2) is 5.65 Å². The Morgan fingerprint density at radius 2 is 1.71 bits per heavy atom. The lowest BCUT2D eigenvalue weighted by Crippen LogP contribution is -2.30. The first-order valence-corrected chi connectivity index (χ1v) is 11.0. The van der Waals surface area contributed by atoms with Crippen molar-refractivity contribution in [3.05, 3.63) is 82.7 Å². The number of nitrogens with one attached hydrogen (secondary N) is 1. The number of rotatable bonds is 4. The summed E-state index contributed by atoms with van der Waals surface area (Å²) in [6.07, 6.45) is 3.28. The maximum atomic E-state index is 13.2. The molecule has 0 spiro atoms. The molecule has 2 aromatic heterocycles. The Hall–Kier alpha value is -4.33. The van der Waals surface area contributed by atoms with Gasteiger partial charge in [0.1, 0.15) is 0 Å². The third-order valence-electron chi connectivity index (χ3n) is 5.93. The highest BCUT2D eigenvalue weighted by Crippen LogP contribution is 2.32. The van der Waals surface area contributed by atoms with E-state index in [1.54, 1.807) is 24.5 Å². The van der Waals surface area contributed by atoms with Gasteiger partial charge >= 0.3 is 0 Å². The van der Waals surface area contributed by atoms with Gasteiger partial charge in [-0.05, 0) is 69.2 Å². The smallest absolute Gasteiger partial charge is 0.266 e. The van der Waals surface area contributed by atoms with Crippen LogP contribution >= 0.6 is 0 Å². The zero-order valence-corrected chi connectivity index (χ0v) is 19.3. The Kier molecular flexibility index (Phi) is 5.01. The molecule has 34 heavy (non-hydrogen) atoms. The molecule has 3 amide bonds. The van der Waals surface area contributed by atoms with Crippen LogP contribution in [-0.2, 0) is 0 Å². The number of nitrogens with zero attached hydrogens (tertiary/aromatic N) is 4. The van der Waals surface area contributed by atoms with Crippen LogP contribution in [0.3, 0.4) is 0 Å². The van der Waals surface area contributed by atoms with Crippen molar-refractivity contribution in [3.63, 3.8) is 0 Å². The Bertz CT molecular complexity index is 1500. The minimum Gasteiger partial charge on any atom is -0.321 e. The molecular weight excluding hydrogens is 430 g/mol. The second kappa shape index (κ2) is 7.91. The van der Waals surface area contributed by atoms with Gasteiger partial charge < -0.3 is 5.32 Å². The van der Waals surface area contributed by atoms with Crippen LogP contribution in [0.25, 0.3) is 11.0 Å². The van der Waals surface area contributed by atoms with Crippen LogP contribution in [0.2, 0.25) is 0 Å². The molecule has 1 aliphatic rings. The second-order valence-electron chi connectivity index (χ2n) is 8.77. The van der Waals surface area contributed by atoms with Crippen LogP contribution < -0.4 is 10.2 Å². The van der Waals surface area contributed by atoms with Crippen LogP contribution in [0.4, 0.5) is 11.4 Å². The number of hydrogen-bond acceptors (Lipinski definition) is 5. The summed E-state index contributed by atoms with van der Waals surface area (Å²) >= 11 is 0. The largest absolute Gasteiger partial charge is 0.321 e. The van der Waals surface area contributed by atoms with E-state index < -0.39 is 17.7 Å². The molecule has 2 aromatic carbocycles. The third kappa shape index (κ3) is 3.44. The lowest BCUT2D eigenvalue weighted by Gasteiger charge is -2.17. The summed E-state index contributed by atoms with van der Waals surface area (Å²) in [6.45, 7) is 7.80. The number of amides is 3. The average Bonchev–Trinajstić information content (AvgIpc) is 3.34. The predicted octanol–water partition coefficient (Wildman–Crippen LogP) is 4.68. The summed E-state index contributed by atoms with van der Waals surface area (Å²) in [5.74, 6) is -1.23. The van der Waals surface area contributed by atoms with Gasteiger partial charge in [0.05, 0.1) is 34.9 Å². The third-order valence-corrected chi connectivity index (χ3v) is 5.93.